The van der Waals surface area contributed by atoms with Crippen LogP contribution in [0, 0.1) is 0 Å². The SMILES string of the molecule is CCc1cnccc1-c1noc(C(C)N2CCNCC2)n1. The minimum Gasteiger partial charge on any atom is -0.337 e. The molecule has 0 amide bonds. The average molecular weight is 287 g/mol. The lowest BCUT2D eigenvalue weighted by Gasteiger charge is -2.30. The first-order chi connectivity index (χ1) is 10.3. The number of hydrogen-bond donors (Lipinski definition) is 1. The van der Waals surface area contributed by atoms with Gasteiger partial charge in [-0.25, -0.2) is 0 Å². The van der Waals surface area contributed by atoms with Crippen molar-refractivity contribution in [3.63, 3.8) is 0 Å². The summed E-state index contributed by atoms with van der Waals surface area (Å²) in [7, 11) is 0. The first-order valence-corrected chi connectivity index (χ1v) is 7.51. The molecule has 3 rings (SSSR count). The Labute approximate surface area is 124 Å². The molecule has 2 aromatic heterocycles. The molecule has 6 nitrogen and oxygen atoms in total. The van der Waals surface area contributed by atoms with Gasteiger partial charge in [-0.3, -0.25) is 9.88 Å². The summed E-state index contributed by atoms with van der Waals surface area (Å²) in [6, 6.07) is 2.10. The van der Waals surface area contributed by atoms with Gasteiger partial charge in [0.2, 0.25) is 11.7 Å². The van der Waals surface area contributed by atoms with Crippen LogP contribution in [0.5, 0.6) is 0 Å². The van der Waals surface area contributed by atoms with Crippen molar-refractivity contribution in [3.05, 3.63) is 29.9 Å². The third-order valence-corrected chi connectivity index (χ3v) is 4.02. The Balaban J connectivity index is 1.82. The number of nitrogens with zero attached hydrogens (tertiary/aromatic N) is 4. The molecule has 1 atom stereocenters. The van der Waals surface area contributed by atoms with Crippen LogP contribution in [0.1, 0.15) is 31.3 Å². The molecule has 0 radical (unpaired) electrons. The van der Waals surface area contributed by atoms with Crippen LogP contribution in [0.4, 0.5) is 0 Å². The first kappa shape index (κ1) is 14.2. The van der Waals surface area contributed by atoms with Gasteiger partial charge >= 0.3 is 0 Å². The summed E-state index contributed by atoms with van der Waals surface area (Å²) >= 11 is 0. The van der Waals surface area contributed by atoms with Crippen molar-refractivity contribution in [3.8, 4) is 11.4 Å². The topological polar surface area (TPSA) is 67.1 Å². The van der Waals surface area contributed by atoms with Gasteiger partial charge in [0.15, 0.2) is 0 Å². The minimum absolute atomic E-state index is 0.153. The molecular formula is C15H21N5O. The summed E-state index contributed by atoms with van der Waals surface area (Å²) in [4.78, 5) is 11.1. The van der Waals surface area contributed by atoms with Crippen molar-refractivity contribution >= 4 is 0 Å². The Morgan fingerprint density at radius 3 is 2.95 bits per heavy atom. The van der Waals surface area contributed by atoms with E-state index in [1.807, 2.05) is 12.3 Å². The van der Waals surface area contributed by atoms with E-state index in [0.29, 0.717) is 11.7 Å². The molecule has 2 aromatic rings. The average Bonchev–Trinajstić information content (AvgIpc) is 3.04. The van der Waals surface area contributed by atoms with Crippen molar-refractivity contribution < 1.29 is 4.52 Å². The highest BCUT2D eigenvalue weighted by molar-refractivity contribution is 5.58. The van der Waals surface area contributed by atoms with Crippen LogP contribution >= 0.6 is 0 Å². The molecule has 1 aliphatic heterocycles. The van der Waals surface area contributed by atoms with E-state index < -0.39 is 0 Å². The Bertz CT molecular complexity index is 591. The Kier molecular flexibility index (Phi) is 4.26. The number of aryl methyl sites for hydroxylation is 1. The summed E-state index contributed by atoms with van der Waals surface area (Å²) in [5.74, 6) is 1.34. The van der Waals surface area contributed by atoms with E-state index in [1.54, 1.807) is 6.20 Å². The number of rotatable bonds is 4. The van der Waals surface area contributed by atoms with Crippen molar-refractivity contribution in [2.45, 2.75) is 26.3 Å². The van der Waals surface area contributed by atoms with Gasteiger partial charge in [0.1, 0.15) is 0 Å². The Hall–Kier alpha value is -1.79. The van der Waals surface area contributed by atoms with E-state index in [9.17, 15) is 0 Å². The van der Waals surface area contributed by atoms with Crippen molar-refractivity contribution in [1.82, 2.24) is 25.3 Å². The maximum atomic E-state index is 5.49. The molecule has 1 fully saturated rings. The van der Waals surface area contributed by atoms with Crippen LogP contribution in [0.25, 0.3) is 11.4 Å². The van der Waals surface area contributed by atoms with Gasteiger partial charge < -0.3 is 9.84 Å². The lowest BCUT2D eigenvalue weighted by molar-refractivity contribution is 0.154. The van der Waals surface area contributed by atoms with Gasteiger partial charge in [-0.15, -0.1) is 0 Å². The van der Waals surface area contributed by atoms with Gasteiger partial charge in [0.05, 0.1) is 6.04 Å². The fourth-order valence-electron chi connectivity index (χ4n) is 2.67. The summed E-state index contributed by atoms with van der Waals surface area (Å²) in [5, 5.41) is 7.51. The van der Waals surface area contributed by atoms with Crippen molar-refractivity contribution in [2.24, 2.45) is 0 Å². The number of piperazine rings is 1. The fraction of sp³-hybridized carbons (Fsp3) is 0.533. The molecule has 3 heterocycles. The fourth-order valence-corrected chi connectivity index (χ4v) is 2.67. The number of nitrogens with one attached hydrogen (secondary N) is 1. The number of hydrogen-bond acceptors (Lipinski definition) is 6. The van der Waals surface area contributed by atoms with Crippen LogP contribution in [-0.2, 0) is 6.42 Å². The highest BCUT2D eigenvalue weighted by Gasteiger charge is 2.23. The van der Waals surface area contributed by atoms with Crippen molar-refractivity contribution in [2.75, 3.05) is 26.2 Å². The van der Waals surface area contributed by atoms with E-state index in [2.05, 4.69) is 39.2 Å². The smallest absolute Gasteiger partial charge is 0.244 e. The summed E-state index contributed by atoms with van der Waals surface area (Å²) in [6.45, 7) is 8.26. The van der Waals surface area contributed by atoms with Gasteiger partial charge in [0, 0.05) is 44.1 Å². The molecule has 1 aliphatic rings. The second kappa shape index (κ2) is 6.32. The van der Waals surface area contributed by atoms with Gasteiger partial charge in [-0.05, 0) is 25.0 Å². The molecule has 112 valence electrons. The van der Waals surface area contributed by atoms with Crippen LogP contribution in [0.2, 0.25) is 0 Å². The van der Waals surface area contributed by atoms with Gasteiger partial charge in [-0.2, -0.15) is 4.98 Å². The van der Waals surface area contributed by atoms with Crippen molar-refractivity contribution in [1.29, 1.82) is 0 Å². The van der Waals surface area contributed by atoms with E-state index in [1.165, 1.54) is 0 Å². The summed E-state index contributed by atoms with van der Waals surface area (Å²) < 4.78 is 5.49. The number of aromatic nitrogens is 3. The molecule has 0 aliphatic carbocycles. The minimum atomic E-state index is 0.153. The third-order valence-electron chi connectivity index (χ3n) is 4.02. The maximum absolute atomic E-state index is 5.49. The van der Waals surface area contributed by atoms with E-state index >= 15 is 0 Å². The highest BCUT2D eigenvalue weighted by Crippen LogP contribution is 2.24. The normalized spacial score (nSPS) is 17.8. The Morgan fingerprint density at radius 2 is 2.19 bits per heavy atom. The van der Waals surface area contributed by atoms with Crippen LogP contribution < -0.4 is 5.32 Å². The lowest BCUT2D eigenvalue weighted by Crippen LogP contribution is -2.44. The Morgan fingerprint density at radius 1 is 1.38 bits per heavy atom. The second-order valence-electron chi connectivity index (χ2n) is 5.30. The largest absolute Gasteiger partial charge is 0.337 e. The molecular weight excluding hydrogens is 266 g/mol. The van der Waals surface area contributed by atoms with Crippen LogP contribution in [-0.4, -0.2) is 46.2 Å². The zero-order valence-corrected chi connectivity index (χ0v) is 12.5. The molecule has 1 saturated heterocycles. The molecule has 0 spiro atoms. The van der Waals surface area contributed by atoms with Crippen LogP contribution in [0.15, 0.2) is 23.0 Å². The quantitative estimate of drug-likeness (QED) is 0.922. The van der Waals surface area contributed by atoms with Crippen LogP contribution in [0.3, 0.4) is 0 Å². The molecule has 0 aromatic carbocycles. The van der Waals surface area contributed by atoms with E-state index in [-0.39, 0.29) is 6.04 Å². The van der Waals surface area contributed by atoms with Gasteiger partial charge in [-0.1, -0.05) is 12.1 Å². The molecule has 1 N–H and O–H groups in total. The third kappa shape index (κ3) is 2.96. The van der Waals surface area contributed by atoms with Gasteiger partial charge in [0.25, 0.3) is 0 Å². The molecule has 0 bridgehead atoms. The molecule has 0 saturated carbocycles. The first-order valence-electron chi connectivity index (χ1n) is 7.51. The standard InChI is InChI=1S/C15H21N5O/c1-3-12-10-17-5-4-13(12)14-18-15(21-19-14)11(2)20-8-6-16-7-9-20/h4-5,10-11,16H,3,6-9H2,1-2H3. The predicted molar refractivity (Wildman–Crippen MR) is 79.8 cm³/mol. The summed E-state index contributed by atoms with van der Waals surface area (Å²) in [6.07, 6.45) is 4.54. The zero-order chi connectivity index (χ0) is 14.7. The van der Waals surface area contributed by atoms with E-state index in [0.717, 1.165) is 43.7 Å². The van der Waals surface area contributed by atoms with E-state index in [4.69, 9.17) is 4.52 Å². The summed E-state index contributed by atoms with van der Waals surface area (Å²) in [5.41, 5.74) is 2.15. The molecule has 6 heteroatoms. The lowest BCUT2D eigenvalue weighted by atomic mass is 10.1. The molecule has 1 unspecified atom stereocenters. The number of pyridine rings is 1. The zero-order valence-electron chi connectivity index (χ0n) is 12.5. The highest BCUT2D eigenvalue weighted by atomic mass is 16.5. The molecule has 21 heavy (non-hydrogen) atoms. The maximum Gasteiger partial charge on any atom is 0.244 e. The second-order valence-corrected chi connectivity index (χ2v) is 5.30. The monoisotopic (exact) mass is 287 g/mol. The predicted octanol–water partition coefficient (Wildman–Crippen LogP) is 1.66.